The Morgan fingerprint density at radius 3 is 2.41 bits per heavy atom. The van der Waals surface area contributed by atoms with Gasteiger partial charge in [-0.05, 0) is 76.1 Å². The maximum absolute atomic E-state index is 12.9. The predicted molar refractivity (Wildman–Crippen MR) is 116 cm³/mol. The second kappa shape index (κ2) is 8.98. The van der Waals surface area contributed by atoms with Gasteiger partial charge < -0.3 is 29.6 Å². The topological polar surface area (TPSA) is 127 Å². The average molecular weight is 499 g/mol. The summed E-state index contributed by atoms with van der Waals surface area (Å²) in [6.07, 6.45) is 1.47. The van der Waals surface area contributed by atoms with E-state index in [1.54, 1.807) is 24.3 Å². The molecule has 2 amide bonds. The number of furan rings is 1. The Labute approximate surface area is 189 Å². The molecule has 0 radical (unpaired) electrons. The lowest BCUT2D eigenvalue weighted by Gasteiger charge is -2.11. The van der Waals surface area contributed by atoms with Gasteiger partial charge in [-0.3, -0.25) is 9.59 Å². The molecule has 4 rings (SSSR count). The summed E-state index contributed by atoms with van der Waals surface area (Å²) in [5.41, 5.74) is 0.952. The van der Waals surface area contributed by atoms with Gasteiger partial charge in [0, 0.05) is 5.69 Å². The summed E-state index contributed by atoms with van der Waals surface area (Å²) in [6, 6.07) is 13.7. The molecule has 2 heterocycles. The summed E-state index contributed by atoms with van der Waals surface area (Å²) in [5, 5.41) is 14.2. The Hall–Kier alpha value is -4.05. The maximum atomic E-state index is 12.9. The van der Waals surface area contributed by atoms with Crippen LogP contribution in [-0.4, -0.2) is 29.7 Å². The second-order valence-corrected chi connectivity index (χ2v) is 7.35. The molecular formula is C22H15BrN2O7. The molecule has 3 N–H and O–H groups in total. The van der Waals surface area contributed by atoms with Crippen molar-refractivity contribution >= 4 is 45.5 Å². The number of hydrogen-bond donors (Lipinski definition) is 3. The van der Waals surface area contributed by atoms with Crippen LogP contribution in [0.2, 0.25) is 0 Å². The van der Waals surface area contributed by atoms with Gasteiger partial charge in [0.1, 0.15) is 5.70 Å². The minimum atomic E-state index is -1.08. The van der Waals surface area contributed by atoms with Gasteiger partial charge in [-0.25, -0.2) is 4.79 Å². The number of amides is 2. The monoisotopic (exact) mass is 498 g/mol. The zero-order valence-corrected chi connectivity index (χ0v) is 17.8. The zero-order valence-electron chi connectivity index (χ0n) is 16.3. The highest BCUT2D eigenvalue weighted by atomic mass is 79.9. The first-order valence-corrected chi connectivity index (χ1v) is 10.0. The lowest BCUT2D eigenvalue weighted by molar-refractivity contribution is -0.113. The number of benzene rings is 2. The van der Waals surface area contributed by atoms with Gasteiger partial charge in [0.15, 0.2) is 21.9 Å². The number of fused-ring (bicyclic) bond motifs is 1. The van der Waals surface area contributed by atoms with E-state index in [0.717, 1.165) is 0 Å². The SMILES string of the molecule is O=C(Nc1ccc(C(=O)O)cc1)C(=Cc1ccc2c(c1)OCO2)NC(=O)c1ccc(Br)o1. The second-order valence-electron chi connectivity index (χ2n) is 6.57. The van der Waals surface area contributed by atoms with Crippen molar-refractivity contribution in [3.05, 3.63) is 81.9 Å². The highest BCUT2D eigenvalue weighted by Crippen LogP contribution is 2.33. The summed E-state index contributed by atoms with van der Waals surface area (Å²) in [5.74, 6) is -1.22. The van der Waals surface area contributed by atoms with Crippen molar-refractivity contribution in [2.24, 2.45) is 0 Å². The van der Waals surface area contributed by atoms with E-state index in [9.17, 15) is 14.4 Å². The molecule has 0 saturated heterocycles. The number of anilines is 1. The van der Waals surface area contributed by atoms with E-state index in [-0.39, 0.29) is 23.8 Å². The van der Waals surface area contributed by atoms with Gasteiger partial charge in [-0.1, -0.05) is 6.07 Å². The Morgan fingerprint density at radius 1 is 0.969 bits per heavy atom. The van der Waals surface area contributed by atoms with Gasteiger partial charge in [0.25, 0.3) is 11.8 Å². The fourth-order valence-corrected chi connectivity index (χ4v) is 3.15. The van der Waals surface area contributed by atoms with Crippen molar-refractivity contribution in [2.75, 3.05) is 12.1 Å². The number of rotatable bonds is 6. The van der Waals surface area contributed by atoms with Crippen LogP contribution in [-0.2, 0) is 4.79 Å². The maximum Gasteiger partial charge on any atom is 0.335 e. The number of nitrogens with one attached hydrogen (secondary N) is 2. The molecule has 0 unspecified atom stereocenters. The lowest BCUT2D eigenvalue weighted by Crippen LogP contribution is -2.30. The highest BCUT2D eigenvalue weighted by Gasteiger charge is 2.19. The molecule has 0 saturated carbocycles. The zero-order chi connectivity index (χ0) is 22.7. The predicted octanol–water partition coefficient (Wildman–Crippen LogP) is 3.88. The van der Waals surface area contributed by atoms with E-state index in [0.29, 0.717) is 27.4 Å². The van der Waals surface area contributed by atoms with Crippen LogP contribution in [0.3, 0.4) is 0 Å². The van der Waals surface area contributed by atoms with Crippen molar-refractivity contribution in [3.63, 3.8) is 0 Å². The van der Waals surface area contributed by atoms with Crippen molar-refractivity contribution in [2.45, 2.75) is 0 Å². The largest absolute Gasteiger partial charge is 0.478 e. The van der Waals surface area contributed by atoms with Gasteiger partial charge in [-0.2, -0.15) is 0 Å². The first kappa shape index (κ1) is 21.2. The van der Waals surface area contributed by atoms with Gasteiger partial charge in [0.2, 0.25) is 6.79 Å². The summed E-state index contributed by atoms with van der Waals surface area (Å²) in [7, 11) is 0. The number of ether oxygens (including phenoxy) is 2. The van der Waals surface area contributed by atoms with Crippen LogP contribution in [0.4, 0.5) is 5.69 Å². The van der Waals surface area contributed by atoms with Gasteiger partial charge in [0.05, 0.1) is 5.56 Å². The molecule has 32 heavy (non-hydrogen) atoms. The molecule has 2 aromatic carbocycles. The van der Waals surface area contributed by atoms with Crippen LogP contribution in [0.5, 0.6) is 11.5 Å². The third kappa shape index (κ3) is 4.81. The lowest BCUT2D eigenvalue weighted by atomic mass is 10.1. The minimum Gasteiger partial charge on any atom is -0.478 e. The van der Waals surface area contributed by atoms with Crippen LogP contribution >= 0.6 is 15.9 Å². The molecule has 0 bridgehead atoms. The minimum absolute atomic E-state index is 0.00655. The molecule has 1 aromatic heterocycles. The standard InChI is InChI=1S/C22H15BrN2O7/c23-19-8-7-17(32-19)21(27)25-15(9-12-1-6-16-18(10-12)31-11-30-16)20(26)24-14-4-2-13(3-5-14)22(28)29/h1-10H,11H2,(H,24,26)(H,25,27)(H,28,29). The number of hydrogen-bond acceptors (Lipinski definition) is 6. The van der Waals surface area contributed by atoms with Crippen LogP contribution in [0, 0.1) is 0 Å². The molecule has 1 aliphatic heterocycles. The molecule has 0 atom stereocenters. The van der Waals surface area contributed by atoms with Crippen molar-refractivity contribution in [3.8, 4) is 11.5 Å². The Kier molecular flexibility index (Phi) is 5.95. The quantitative estimate of drug-likeness (QED) is 0.440. The van der Waals surface area contributed by atoms with Crippen LogP contribution in [0.25, 0.3) is 6.08 Å². The fraction of sp³-hybridized carbons (Fsp3) is 0.0455. The number of aromatic carboxylic acids is 1. The molecular weight excluding hydrogens is 484 g/mol. The van der Waals surface area contributed by atoms with E-state index in [4.69, 9.17) is 19.0 Å². The van der Waals surface area contributed by atoms with E-state index in [1.165, 1.54) is 36.4 Å². The summed E-state index contributed by atoms with van der Waals surface area (Å²) in [4.78, 5) is 36.5. The van der Waals surface area contributed by atoms with E-state index >= 15 is 0 Å². The molecule has 1 aliphatic rings. The van der Waals surface area contributed by atoms with Crippen molar-refractivity contribution < 1.29 is 33.4 Å². The average Bonchev–Trinajstić information content (AvgIpc) is 3.42. The number of carbonyl (C=O) groups is 3. The summed E-state index contributed by atoms with van der Waals surface area (Å²) in [6.45, 7) is 0.103. The molecule has 162 valence electrons. The van der Waals surface area contributed by atoms with Gasteiger partial charge in [-0.15, -0.1) is 0 Å². The summed E-state index contributed by atoms with van der Waals surface area (Å²) >= 11 is 3.13. The molecule has 0 fully saturated rings. The Bertz CT molecular complexity index is 1230. The first-order valence-electron chi connectivity index (χ1n) is 9.22. The Balaban J connectivity index is 1.60. The smallest absolute Gasteiger partial charge is 0.335 e. The molecule has 0 spiro atoms. The van der Waals surface area contributed by atoms with Crippen LogP contribution in [0.1, 0.15) is 26.5 Å². The van der Waals surface area contributed by atoms with Crippen LogP contribution < -0.4 is 20.1 Å². The van der Waals surface area contributed by atoms with Crippen LogP contribution in [0.15, 0.2) is 69.4 Å². The van der Waals surface area contributed by atoms with Crippen molar-refractivity contribution in [1.82, 2.24) is 5.32 Å². The number of halogens is 1. The van der Waals surface area contributed by atoms with E-state index < -0.39 is 17.8 Å². The number of carboxylic acid groups (broad SMARTS) is 1. The van der Waals surface area contributed by atoms with E-state index in [1.807, 2.05) is 0 Å². The number of carbonyl (C=O) groups excluding carboxylic acids is 2. The van der Waals surface area contributed by atoms with E-state index in [2.05, 4.69) is 26.6 Å². The highest BCUT2D eigenvalue weighted by molar-refractivity contribution is 9.10. The molecule has 10 heteroatoms. The van der Waals surface area contributed by atoms with Crippen molar-refractivity contribution in [1.29, 1.82) is 0 Å². The third-order valence-electron chi connectivity index (χ3n) is 4.39. The number of carboxylic acids is 1. The Morgan fingerprint density at radius 2 is 1.72 bits per heavy atom. The molecule has 3 aromatic rings. The first-order chi connectivity index (χ1) is 15.4. The molecule has 9 nitrogen and oxygen atoms in total. The summed E-state index contributed by atoms with van der Waals surface area (Å²) < 4.78 is 16.2. The van der Waals surface area contributed by atoms with Gasteiger partial charge >= 0.3 is 5.97 Å². The fourth-order valence-electron chi connectivity index (χ4n) is 2.84. The third-order valence-corrected chi connectivity index (χ3v) is 4.81. The normalized spacial score (nSPS) is 12.3. The molecule has 0 aliphatic carbocycles.